The molecule has 1 aromatic heterocycles. The van der Waals surface area contributed by atoms with E-state index in [1.165, 1.54) is 6.20 Å². The number of aromatic nitrogens is 1. The van der Waals surface area contributed by atoms with Gasteiger partial charge in [-0.3, -0.25) is 4.79 Å². The number of anilines is 1. The minimum absolute atomic E-state index is 0.196. The molecule has 2 aromatic rings. The van der Waals surface area contributed by atoms with Crippen LogP contribution in [0.4, 0.5) is 5.69 Å². The van der Waals surface area contributed by atoms with E-state index >= 15 is 0 Å². The van der Waals surface area contributed by atoms with Crippen molar-refractivity contribution >= 4 is 59.4 Å². The quantitative estimate of drug-likeness (QED) is 0.701. The average molecular weight is 435 g/mol. The summed E-state index contributed by atoms with van der Waals surface area (Å²) in [4.78, 5) is 16.0. The summed E-state index contributed by atoms with van der Waals surface area (Å²) < 4.78 is 2.46. The molecule has 18 heavy (non-hydrogen) atoms. The highest BCUT2D eigenvalue weighted by atomic mass is 79.9. The van der Waals surface area contributed by atoms with Crippen LogP contribution in [0.15, 0.2) is 50.1 Å². The topological polar surface area (TPSA) is 42.0 Å². The van der Waals surface area contributed by atoms with Crippen LogP contribution in [0.25, 0.3) is 0 Å². The maximum absolute atomic E-state index is 12.0. The Morgan fingerprint density at radius 3 is 2.50 bits per heavy atom. The number of halogens is 3. The third-order valence-corrected chi connectivity index (χ3v) is 3.79. The normalized spacial score (nSPS) is 10.2. The molecule has 0 aliphatic carbocycles. The lowest BCUT2D eigenvalue weighted by molar-refractivity contribution is 0.102. The lowest BCUT2D eigenvalue weighted by atomic mass is 10.2. The third kappa shape index (κ3) is 3.40. The van der Waals surface area contributed by atoms with E-state index in [1.807, 2.05) is 18.2 Å². The Hall–Kier alpha value is -0.720. The first-order valence-electron chi connectivity index (χ1n) is 4.94. The maximum atomic E-state index is 12.0. The van der Waals surface area contributed by atoms with Gasteiger partial charge in [-0.05, 0) is 62.2 Å². The van der Waals surface area contributed by atoms with Gasteiger partial charge in [-0.15, -0.1) is 0 Å². The molecule has 1 N–H and O–H groups in total. The van der Waals surface area contributed by atoms with Crippen molar-refractivity contribution in [3.63, 3.8) is 0 Å². The molecule has 1 amide bonds. The molecule has 1 heterocycles. The van der Waals surface area contributed by atoms with E-state index in [-0.39, 0.29) is 5.91 Å². The predicted octanol–water partition coefficient (Wildman–Crippen LogP) is 4.62. The van der Waals surface area contributed by atoms with Crippen LogP contribution in [-0.2, 0) is 0 Å². The van der Waals surface area contributed by atoms with Gasteiger partial charge >= 0.3 is 0 Å². The first kappa shape index (κ1) is 13.7. The number of rotatable bonds is 2. The van der Waals surface area contributed by atoms with E-state index in [4.69, 9.17) is 0 Å². The number of carbonyl (C=O) groups excluding carboxylic acids is 1. The molecule has 0 radical (unpaired) electrons. The van der Waals surface area contributed by atoms with Crippen LogP contribution in [-0.4, -0.2) is 10.9 Å². The summed E-state index contributed by atoms with van der Waals surface area (Å²) in [5, 5.41) is 2.81. The van der Waals surface area contributed by atoms with Crippen molar-refractivity contribution in [2.75, 3.05) is 5.32 Å². The smallest absolute Gasteiger partial charge is 0.257 e. The molecule has 0 spiro atoms. The molecule has 0 saturated carbocycles. The SMILES string of the molecule is O=C(Nc1ccc(Br)cc1Br)c1ccc(Br)nc1. The Labute approximate surface area is 129 Å². The van der Waals surface area contributed by atoms with Crippen LogP contribution >= 0.6 is 47.8 Å². The number of hydrogen-bond donors (Lipinski definition) is 1. The Bertz CT molecular complexity index is 584. The van der Waals surface area contributed by atoms with Gasteiger partial charge in [0.05, 0.1) is 11.3 Å². The number of nitrogens with zero attached hydrogens (tertiary/aromatic N) is 1. The summed E-state index contributed by atoms with van der Waals surface area (Å²) in [6.07, 6.45) is 1.52. The first-order valence-corrected chi connectivity index (χ1v) is 7.32. The Morgan fingerprint density at radius 2 is 1.89 bits per heavy atom. The molecular weight excluding hydrogens is 428 g/mol. The fourth-order valence-corrected chi connectivity index (χ4v) is 2.68. The second kappa shape index (κ2) is 5.95. The molecular formula is C12H7Br3N2O. The lowest BCUT2D eigenvalue weighted by Crippen LogP contribution is -2.12. The number of carbonyl (C=O) groups is 1. The summed E-state index contributed by atoms with van der Waals surface area (Å²) in [5.74, 6) is -0.196. The maximum Gasteiger partial charge on any atom is 0.257 e. The van der Waals surface area contributed by atoms with Crippen LogP contribution in [0.3, 0.4) is 0 Å². The van der Waals surface area contributed by atoms with Crippen LogP contribution in [0.1, 0.15) is 10.4 Å². The molecule has 0 aliphatic rings. The Morgan fingerprint density at radius 1 is 1.11 bits per heavy atom. The number of pyridine rings is 1. The zero-order valence-electron chi connectivity index (χ0n) is 8.95. The molecule has 1 aromatic carbocycles. The van der Waals surface area contributed by atoms with E-state index in [2.05, 4.69) is 58.1 Å². The summed E-state index contributed by atoms with van der Waals surface area (Å²) in [7, 11) is 0. The summed E-state index contributed by atoms with van der Waals surface area (Å²) in [6, 6.07) is 8.98. The summed E-state index contributed by atoms with van der Waals surface area (Å²) in [5.41, 5.74) is 1.22. The monoisotopic (exact) mass is 432 g/mol. The molecule has 0 aliphatic heterocycles. The van der Waals surface area contributed by atoms with Gasteiger partial charge in [-0.2, -0.15) is 0 Å². The van der Waals surface area contributed by atoms with E-state index < -0.39 is 0 Å². The standard InChI is InChI=1S/C12H7Br3N2O/c13-8-2-3-10(9(14)5-8)17-12(18)7-1-4-11(15)16-6-7/h1-6H,(H,17,18). The van der Waals surface area contributed by atoms with Crippen molar-refractivity contribution < 1.29 is 4.79 Å². The van der Waals surface area contributed by atoms with Crippen molar-refractivity contribution in [3.05, 3.63) is 55.6 Å². The molecule has 2 rings (SSSR count). The number of hydrogen-bond acceptors (Lipinski definition) is 2. The fourth-order valence-electron chi connectivity index (χ4n) is 1.30. The van der Waals surface area contributed by atoms with Crippen molar-refractivity contribution in [1.82, 2.24) is 4.98 Å². The molecule has 0 unspecified atom stereocenters. The molecule has 6 heteroatoms. The molecule has 3 nitrogen and oxygen atoms in total. The van der Waals surface area contributed by atoms with E-state index in [9.17, 15) is 4.79 Å². The molecule has 0 bridgehead atoms. The first-order chi connectivity index (χ1) is 8.56. The van der Waals surface area contributed by atoms with Crippen LogP contribution in [0.5, 0.6) is 0 Å². The largest absolute Gasteiger partial charge is 0.321 e. The number of benzene rings is 1. The fraction of sp³-hybridized carbons (Fsp3) is 0. The zero-order chi connectivity index (χ0) is 13.1. The second-order valence-electron chi connectivity index (χ2n) is 3.45. The van der Waals surface area contributed by atoms with Crippen molar-refractivity contribution in [1.29, 1.82) is 0 Å². The Balaban J connectivity index is 2.18. The van der Waals surface area contributed by atoms with Gasteiger partial charge in [0.2, 0.25) is 0 Å². The minimum Gasteiger partial charge on any atom is -0.321 e. The zero-order valence-corrected chi connectivity index (χ0v) is 13.7. The van der Waals surface area contributed by atoms with Crippen molar-refractivity contribution in [2.45, 2.75) is 0 Å². The molecule has 92 valence electrons. The molecule has 0 atom stereocenters. The van der Waals surface area contributed by atoms with Gasteiger partial charge in [0.25, 0.3) is 5.91 Å². The molecule has 0 saturated heterocycles. The van der Waals surface area contributed by atoms with Gasteiger partial charge in [-0.25, -0.2) is 4.98 Å². The van der Waals surface area contributed by atoms with Crippen LogP contribution in [0, 0.1) is 0 Å². The number of amides is 1. The van der Waals surface area contributed by atoms with Crippen LogP contribution < -0.4 is 5.32 Å². The minimum atomic E-state index is -0.196. The van der Waals surface area contributed by atoms with Gasteiger partial charge in [0, 0.05) is 15.1 Å². The van der Waals surface area contributed by atoms with E-state index in [1.54, 1.807) is 12.1 Å². The number of nitrogens with one attached hydrogen (secondary N) is 1. The summed E-state index contributed by atoms with van der Waals surface area (Å²) >= 11 is 9.97. The van der Waals surface area contributed by atoms with E-state index in [0.717, 1.165) is 8.95 Å². The highest BCUT2D eigenvalue weighted by Crippen LogP contribution is 2.26. The highest BCUT2D eigenvalue weighted by Gasteiger charge is 2.08. The van der Waals surface area contributed by atoms with Gasteiger partial charge in [0.15, 0.2) is 0 Å². The average Bonchev–Trinajstić information content (AvgIpc) is 2.33. The Kier molecular flexibility index (Phi) is 4.53. The molecule has 0 fully saturated rings. The van der Waals surface area contributed by atoms with Gasteiger partial charge in [-0.1, -0.05) is 15.9 Å². The van der Waals surface area contributed by atoms with Gasteiger partial charge in [0.1, 0.15) is 4.60 Å². The predicted molar refractivity (Wildman–Crippen MR) is 81.7 cm³/mol. The van der Waals surface area contributed by atoms with Gasteiger partial charge < -0.3 is 5.32 Å². The third-order valence-electron chi connectivity index (χ3n) is 2.17. The summed E-state index contributed by atoms with van der Waals surface area (Å²) in [6.45, 7) is 0. The second-order valence-corrected chi connectivity index (χ2v) is 6.03. The van der Waals surface area contributed by atoms with Crippen molar-refractivity contribution in [3.8, 4) is 0 Å². The van der Waals surface area contributed by atoms with E-state index in [0.29, 0.717) is 15.9 Å². The highest BCUT2D eigenvalue weighted by molar-refractivity contribution is 9.11. The lowest BCUT2D eigenvalue weighted by Gasteiger charge is -2.07. The van der Waals surface area contributed by atoms with Crippen LogP contribution in [0.2, 0.25) is 0 Å². The van der Waals surface area contributed by atoms with Crippen molar-refractivity contribution in [2.24, 2.45) is 0 Å².